The number of phosphoric acid groups is 1. The molecule has 158 valence electrons. The summed E-state index contributed by atoms with van der Waals surface area (Å²) in [6.45, 7) is 5.34. The van der Waals surface area contributed by atoms with E-state index in [9.17, 15) is 9.67 Å². The maximum Gasteiger partial charge on any atom is 0.469 e. The van der Waals surface area contributed by atoms with Gasteiger partial charge < -0.3 is 14.9 Å². The Bertz CT molecular complexity index is 367. The van der Waals surface area contributed by atoms with Gasteiger partial charge in [0.1, 0.15) is 0 Å². The van der Waals surface area contributed by atoms with Crippen LogP contribution in [0.5, 0.6) is 0 Å². The van der Waals surface area contributed by atoms with Crippen LogP contribution in [0.2, 0.25) is 0 Å². The minimum atomic E-state index is -4.55. The van der Waals surface area contributed by atoms with Crippen LogP contribution in [0.4, 0.5) is 0 Å². The highest BCUT2D eigenvalue weighted by Crippen LogP contribution is 2.40. The van der Waals surface area contributed by atoms with Crippen LogP contribution in [-0.4, -0.2) is 26.6 Å². The van der Waals surface area contributed by atoms with Crippen LogP contribution in [0.1, 0.15) is 117 Å². The van der Waals surface area contributed by atoms with Gasteiger partial charge in [0.05, 0.1) is 11.7 Å². The third-order valence-electron chi connectivity index (χ3n) is 5.21. The van der Waals surface area contributed by atoms with Crippen molar-refractivity contribution in [1.29, 1.82) is 0 Å². The molecule has 0 aromatic carbocycles. The fourth-order valence-electron chi connectivity index (χ4n) is 3.20. The SMILES string of the molecule is CCCCCCCCCCCCCCCCC(C)(O)C(C)OP(=O)(O)O. The molecule has 0 aliphatic rings. The van der Waals surface area contributed by atoms with Crippen molar-refractivity contribution in [2.24, 2.45) is 0 Å². The molecule has 0 fully saturated rings. The average Bonchev–Trinajstić information content (AvgIpc) is 2.53. The molecular weight excluding hydrogens is 351 g/mol. The predicted molar refractivity (Wildman–Crippen MR) is 108 cm³/mol. The minimum Gasteiger partial charge on any atom is -0.387 e. The Labute approximate surface area is 161 Å². The number of phosphoric ester groups is 1. The monoisotopic (exact) mass is 394 g/mol. The van der Waals surface area contributed by atoms with Crippen LogP contribution in [0.3, 0.4) is 0 Å². The topological polar surface area (TPSA) is 87.0 Å². The molecule has 0 saturated carbocycles. The molecule has 0 radical (unpaired) electrons. The van der Waals surface area contributed by atoms with Crippen molar-refractivity contribution in [2.75, 3.05) is 0 Å². The van der Waals surface area contributed by atoms with Crippen LogP contribution < -0.4 is 0 Å². The smallest absolute Gasteiger partial charge is 0.387 e. The van der Waals surface area contributed by atoms with Gasteiger partial charge in [0, 0.05) is 0 Å². The first-order valence-corrected chi connectivity index (χ1v) is 12.2. The van der Waals surface area contributed by atoms with E-state index in [2.05, 4.69) is 11.4 Å². The molecular formula is C20H43O5P. The Hall–Kier alpha value is 0.0700. The summed E-state index contributed by atoms with van der Waals surface area (Å²) >= 11 is 0. The van der Waals surface area contributed by atoms with E-state index in [1.54, 1.807) is 6.92 Å². The number of aliphatic hydroxyl groups is 1. The predicted octanol–water partition coefficient (Wildman–Crippen LogP) is 6.11. The summed E-state index contributed by atoms with van der Waals surface area (Å²) in [6, 6.07) is 0. The molecule has 0 saturated heterocycles. The van der Waals surface area contributed by atoms with Gasteiger partial charge >= 0.3 is 7.82 Å². The number of unbranched alkanes of at least 4 members (excludes halogenated alkanes) is 13. The summed E-state index contributed by atoms with van der Waals surface area (Å²) in [6.07, 6.45) is 17.5. The second-order valence-electron chi connectivity index (χ2n) is 7.94. The first-order chi connectivity index (χ1) is 12.2. The highest BCUT2D eigenvalue weighted by Gasteiger charge is 2.33. The Morgan fingerprint density at radius 1 is 0.808 bits per heavy atom. The highest BCUT2D eigenvalue weighted by molar-refractivity contribution is 7.46. The van der Waals surface area contributed by atoms with Crippen molar-refractivity contribution in [1.82, 2.24) is 0 Å². The molecule has 2 unspecified atom stereocenters. The van der Waals surface area contributed by atoms with Gasteiger partial charge in [0.15, 0.2) is 0 Å². The summed E-state index contributed by atoms with van der Waals surface area (Å²) in [5, 5.41) is 10.3. The molecule has 0 aromatic rings. The average molecular weight is 395 g/mol. The number of hydrogen-bond donors (Lipinski definition) is 3. The quantitative estimate of drug-likeness (QED) is 0.193. The van der Waals surface area contributed by atoms with Crippen molar-refractivity contribution in [2.45, 2.75) is 129 Å². The molecule has 0 heterocycles. The molecule has 2 atom stereocenters. The van der Waals surface area contributed by atoms with Crippen molar-refractivity contribution in [3.63, 3.8) is 0 Å². The zero-order valence-electron chi connectivity index (χ0n) is 17.3. The minimum absolute atomic E-state index is 0.492. The van der Waals surface area contributed by atoms with Crippen LogP contribution in [0, 0.1) is 0 Å². The third kappa shape index (κ3) is 16.3. The summed E-state index contributed by atoms with van der Waals surface area (Å²) in [5.74, 6) is 0. The molecule has 0 spiro atoms. The molecule has 0 rings (SSSR count). The first-order valence-electron chi connectivity index (χ1n) is 10.7. The Morgan fingerprint density at radius 3 is 1.50 bits per heavy atom. The van der Waals surface area contributed by atoms with E-state index < -0.39 is 19.5 Å². The van der Waals surface area contributed by atoms with E-state index in [-0.39, 0.29) is 0 Å². The van der Waals surface area contributed by atoms with Crippen LogP contribution in [-0.2, 0) is 9.09 Å². The molecule has 3 N–H and O–H groups in total. The van der Waals surface area contributed by atoms with E-state index in [0.29, 0.717) is 6.42 Å². The van der Waals surface area contributed by atoms with Crippen molar-refractivity contribution < 1.29 is 24.0 Å². The van der Waals surface area contributed by atoms with Crippen LogP contribution >= 0.6 is 7.82 Å². The fourth-order valence-corrected chi connectivity index (χ4v) is 3.84. The molecule has 0 bridgehead atoms. The van der Waals surface area contributed by atoms with E-state index in [1.807, 2.05) is 0 Å². The fraction of sp³-hybridized carbons (Fsp3) is 1.00. The van der Waals surface area contributed by atoms with Gasteiger partial charge in [-0.15, -0.1) is 0 Å². The van der Waals surface area contributed by atoms with Gasteiger partial charge in [-0.1, -0.05) is 96.8 Å². The van der Waals surface area contributed by atoms with Crippen molar-refractivity contribution in [3.8, 4) is 0 Å². The highest BCUT2D eigenvalue weighted by atomic mass is 31.2. The van der Waals surface area contributed by atoms with Gasteiger partial charge in [-0.3, -0.25) is 4.52 Å². The molecule has 5 nitrogen and oxygen atoms in total. The lowest BCUT2D eigenvalue weighted by Crippen LogP contribution is -2.38. The van der Waals surface area contributed by atoms with Crippen molar-refractivity contribution >= 4 is 7.82 Å². The van der Waals surface area contributed by atoms with E-state index in [0.717, 1.165) is 19.3 Å². The molecule has 26 heavy (non-hydrogen) atoms. The number of hydrogen-bond acceptors (Lipinski definition) is 3. The zero-order valence-corrected chi connectivity index (χ0v) is 18.2. The lowest BCUT2D eigenvalue weighted by molar-refractivity contribution is -0.0563. The second kappa shape index (κ2) is 15.0. The lowest BCUT2D eigenvalue weighted by Gasteiger charge is -2.30. The standard InChI is InChI=1S/C20H43O5P/c1-4-5-6-7-8-9-10-11-12-13-14-15-16-17-18-20(3,21)19(2)25-26(22,23)24/h19,21H,4-18H2,1-3H3,(H2,22,23,24). The summed E-state index contributed by atoms with van der Waals surface area (Å²) in [4.78, 5) is 17.6. The molecule has 0 aliphatic heterocycles. The van der Waals surface area contributed by atoms with Crippen molar-refractivity contribution in [3.05, 3.63) is 0 Å². The second-order valence-corrected chi connectivity index (χ2v) is 9.13. The van der Waals surface area contributed by atoms with Crippen LogP contribution in [0.15, 0.2) is 0 Å². The Morgan fingerprint density at radius 2 is 1.15 bits per heavy atom. The maximum atomic E-state index is 10.9. The van der Waals surface area contributed by atoms with E-state index in [1.165, 1.54) is 77.6 Å². The Balaban J connectivity index is 3.46. The Kier molecular flexibility index (Phi) is 15.1. The zero-order chi connectivity index (χ0) is 19.9. The van der Waals surface area contributed by atoms with Crippen LogP contribution in [0.25, 0.3) is 0 Å². The van der Waals surface area contributed by atoms with E-state index in [4.69, 9.17) is 9.79 Å². The van der Waals surface area contributed by atoms with Gasteiger partial charge in [-0.25, -0.2) is 4.57 Å². The summed E-state index contributed by atoms with van der Waals surface area (Å²) < 4.78 is 15.4. The third-order valence-corrected chi connectivity index (χ3v) is 5.80. The van der Waals surface area contributed by atoms with Gasteiger partial charge in [0.2, 0.25) is 0 Å². The lowest BCUT2D eigenvalue weighted by atomic mass is 9.93. The van der Waals surface area contributed by atoms with E-state index >= 15 is 0 Å². The number of rotatable bonds is 18. The molecule has 0 aliphatic carbocycles. The normalized spacial score (nSPS) is 15.8. The molecule has 0 amide bonds. The maximum absolute atomic E-state index is 10.9. The summed E-state index contributed by atoms with van der Waals surface area (Å²) in [5.41, 5.74) is -1.21. The first kappa shape index (κ1) is 26.1. The van der Waals surface area contributed by atoms with Gasteiger partial charge in [-0.05, 0) is 20.3 Å². The molecule has 0 aromatic heterocycles. The van der Waals surface area contributed by atoms with Gasteiger partial charge in [0.25, 0.3) is 0 Å². The van der Waals surface area contributed by atoms with Gasteiger partial charge in [-0.2, -0.15) is 0 Å². The summed E-state index contributed by atoms with van der Waals surface area (Å²) in [7, 11) is -4.55. The molecule has 6 heteroatoms. The largest absolute Gasteiger partial charge is 0.469 e.